The maximum atomic E-state index is 11.9. The van der Waals surface area contributed by atoms with E-state index in [9.17, 15) is 14.4 Å². The van der Waals surface area contributed by atoms with E-state index in [2.05, 4.69) is 10.6 Å². The van der Waals surface area contributed by atoms with E-state index in [1.54, 1.807) is 24.3 Å². The summed E-state index contributed by atoms with van der Waals surface area (Å²) in [4.78, 5) is 34.9. The van der Waals surface area contributed by atoms with Crippen molar-refractivity contribution in [1.29, 1.82) is 0 Å². The fourth-order valence-electron chi connectivity index (χ4n) is 1.82. The minimum absolute atomic E-state index is 0.0424. The molecule has 0 aliphatic heterocycles. The molecule has 1 fully saturated rings. The molecule has 1 aliphatic rings. The quantitative estimate of drug-likeness (QED) is 0.753. The molecule has 0 saturated heterocycles. The van der Waals surface area contributed by atoms with Gasteiger partial charge in [0.25, 0.3) is 0 Å². The largest absolute Gasteiger partial charge is 0.352 e. The fourth-order valence-corrected chi connectivity index (χ4v) is 2.06. The van der Waals surface area contributed by atoms with E-state index < -0.39 is 0 Å². The van der Waals surface area contributed by atoms with Gasteiger partial charge in [0.05, 0.1) is 11.6 Å². The number of hydrogen-bond acceptors (Lipinski definition) is 3. The average molecular weight is 309 g/mol. The third kappa shape index (κ3) is 5.19. The number of hydrogen-bond donors (Lipinski definition) is 2. The van der Waals surface area contributed by atoms with E-state index in [1.165, 1.54) is 0 Å². The van der Waals surface area contributed by atoms with Crippen molar-refractivity contribution in [2.75, 3.05) is 6.54 Å². The van der Waals surface area contributed by atoms with E-state index in [0.717, 1.165) is 12.8 Å². The van der Waals surface area contributed by atoms with Crippen molar-refractivity contribution < 1.29 is 14.4 Å². The number of carbonyl (C=O) groups is 3. The third-order valence-electron chi connectivity index (χ3n) is 3.14. The van der Waals surface area contributed by atoms with Gasteiger partial charge in [0, 0.05) is 24.4 Å². The molecule has 112 valence electrons. The second-order valence-electron chi connectivity index (χ2n) is 5.02. The highest BCUT2D eigenvalue weighted by Gasteiger charge is 2.23. The Morgan fingerprint density at radius 3 is 2.48 bits per heavy atom. The van der Waals surface area contributed by atoms with Crippen LogP contribution in [0.25, 0.3) is 0 Å². The van der Waals surface area contributed by atoms with E-state index >= 15 is 0 Å². The van der Waals surface area contributed by atoms with Crippen LogP contribution >= 0.6 is 11.6 Å². The van der Waals surface area contributed by atoms with Gasteiger partial charge >= 0.3 is 0 Å². The maximum absolute atomic E-state index is 11.9. The molecule has 0 radical (unpaired) electrons. The van der Waals surface area contributed by atoms with E-state index in [1.807, 2.05) is 0 Å². The first-order valence-corrected chi connectivity index (χ1v) is 7.28. The van der Waals surface area contributed by atoms with Crippen molar-refractivity contribution in [1.82, 2.24) is 10.6 Å². The zero-order chi connectivity index (χ0) is 15.2. The van der Waals surface area contributed by atoms with Gasteiger partial charge in [-0.05, 0) is 25.0 Å². The number of benzene rings is 1. The molecule has 0 bridgehead atoms. The lowest BCUT2D eigenvalue weighted by atomic mass is 10.1. The van der Waals surface area contributed by atoms with Crippen LogP contribution in [-0.4, -0.2) is 30.2 Å². The molecule has 0 spiro atoms. The second kappa shape index (κ2) is 7.22. The molecule has 0 atom stereocenters. The van der Waals surface area contributed by atoms with Crippen molar-refractivity contribution in [2.24, 2.45) is 0 Å². The Morgan fingerprint density at radius 1 is 1.10 bits per heavy atom. The van der Waals surface area contributed by atoms with Crippen LogP contribution in [0.1, 0.15) is 36.0 Å². The fraction of sp³-hybridized carbons (Fsp3) is 0.400. The monoisotopic (exact) mass is 308 g/mol. The molecule has 2 amide bonds. The average Bonchev–Trinajstić information content (AvgIpc) is 3.27. The first-order valence-electron chi connectivity index (χ1n) is 6.90. The van der Waals surface area contributed by atoms with Crippen LogP contribution in [0.3, 0.4) is 0 Å². The van der Waals surface area contributed by atoms with Crippen molar-refractivity contribution in [3.63, 3.8) is 0 Å². The van der Waals surface area contributed by atoms with Crippen molar-refractivity contribution in [3.8, 4) is 0 Å². The first-order chi connectivity index (χ1) is 10.1. The second-order valence-corrected chi connectivity index (χ2v) is 5.43. The molecule has 0 heterocycles. The van der Waals surface area contributed by atoms with Crippen LogP contribution in [0.15, 0.2) is 24.3 Å². The predicted octanol–water partition coefficient (Wildman–Crippen LogP) is 1.70. The van der Waals surface area contributed by atoms with Gasteiger partial charge in [-0.15, -0.1) is 0 Å². The molecule has 0 aromatic heterocycles. The number of nitrogens with one attached hydrogen (secondary N) is 2. The Hall–Kier alpha value is -1.88. The summed E-state index contributed by atoms with van der Waals surface area (Å²) in [5.41, 5.74) is 0.415. The van der Waals surface area contributed by atoms with E-state index in [4.69, 9.17) is 11.6 Å². The number of amides is 2. The highest BCUT2D eigenvalue weighted by atomic mass is 35.5. The zero-order valence-electron chi connectivity index (χ0n) is 11.5. The van der Waals surface area contributed by atoms with Crippen molar-refractivity contribution >= 4 is 29.2 Å². The minimum atomic E-state index is -0.318. The summed E-state index contributed by atoms with van der Waals surface area (Å²) in [6.45, 7) is -0.0460. The van der Waals surface area contributed by atoms with Crippen molar-refractivity contribution in [3.05, 3.63) is 34.9 Å². The topological polar surface area (TPSA) is 75.3 Å². The van der Waals surface area contributed by atoms with Crippen molar-refractivity contribution in [2.45, 2.75) is 31.7 Å². The Morgan fingerprint density at radius 2 is 1.81 bits per heavy atom. The Labute approximate surface area is 128 Å². The summed E-state index contributed by atoms with van der Waals surface area (Å²) in [5, 5.41) is 5.65. The smallest absolute Gasteiger partial charge is 0.239 e. The molecule has 1 aromatic carbocycles. The summed E-state index contributed by atoms with van der Waals surface area (Å²) in [7, 11) is 0. The SMILES string of the molecule is O=C(CCC(=O)c1ccccc1Cl)NCC(=O)NC1CC1. The van der Waals surface area contributed by atoms with E-state index in [-0.39, 0.29) is 43.0 Å². The molecule has 1 aliphatic carbocycles. The number of halogens is 1. The summed E-state index contributed by atoms with van der Waals surface area (Å²) < 4.78 is 0. The highest BCUT2D eigenvalue weighted by Crippen LogP contribution is 2.18. The zero-order valence-corrected chi connectivity index (χ0v) is 12.3. The summed E-state index contributed by atoms with van der Waals surface area (Å²) >= 11 is 5.92. The Balaban J connectivity index is 1.69. The molecule has 6 heteroatoms. The lowest BCUT2D eigenvalue weighted by molar-refractivity contribution is -0.126. The van der Waals surface area contributed by atoms with Gasteiger partial charge in [0.1, 0.15) is 0 Å². The predicted molar refractivity (Wildman–Crippen MR) is 79.2 cm³/mol. The minimum Gasteiger partial charge on any atom is -0.352 e. The van der Waals surface area contributed by atoms with Crippen LogP contribution in [0, 0.1) is 0 Å². The number of rotatable bonds is 7. The van der Waals surface area contributed by atoms with Gasteiger partial charge < -0.3 is 10.6 Å². The van der Waals surface area contributed by atoms with Gasteiger partial charge in [-0.25, -0.2) is 0 Å². The highest BCUT2D eigenvalue weighted by molar-refractivity contribution is 6.34. The lowest BCUT2D eigenvalue weighted by Crippen LogP contribution is -2.37. The first kappa shape index (κ1) is 15.5. The van der Waals surface area contributed by atoms with Crippen LogP contribution in [0.4, 0.5) is 0 Å². The molecule has 1 saturated carbocycles. The normalized spacial score (nSPS) is 13.6. The molecule has 2 rings (SSSR count). The number of ketones is 1. The van der Waals surface area contributed by atoms with Gasteiger partial charge in [-0.1, -0.05) is 23.7 Å². The molecule has 5 nitrogen and oxygen atoms in total. The van der Waals surface area contributed by atoms with Gasteiger partial charge in [-0.3, -0.25) is 14.4 Å². The van der Waals surface area contributed by atoms with Gasteiger partial charge in [-0.2, -0.15) is 0 Å². The standard InChI is InChI=1S/C15H17ClN2O3/c16-12-4-2-1-3-11(12)13(19)7-8-14(20)17-9-15(21)18-10-5-6-10/h1-4,10H,5-9H2,(H,17,20)(H,18,21). The molecule has 2 N–H and O–H groups in total. The lowest BCUT2D eigenvalue weighted by Gasteiger charge is -2.06. The van der Waals surface area contributed by atoms with Crippen LogP contribution < -0.4 is 10.6 Å². The summed E-state index contributed by atoms with van der Waals surface area (Å²) in [5.74, 6) is -0.692. The van der Waals surface area contributed by atoms with Crippen LogP contribution in [0.2, 0.25) is 5.02 Å². The Kier molecular flexibility index (Phi) is 5.33. The van der Waals surface area contributed by atoms with Gasteiger partial charge in [0.2, 0.25) is 11.8 Å². The molecular formula is C15H17ClN2O3. The van der Waals surface area contributed by atoms with Gasteiger partial charge in [0.15, 0.2) is 5.78 Å². The third-order valence-corrected chi connectivity index (χ3v) is 3.47. The van der Waals surface area contributed by atoms with Crippen LogP contribution in [0.5, 0.6) is 0 Å². The molecular weight excluding hydrogens is 292 g/mol. The molecule has 0 unspecified atom stereocenters. The number of Topliss-reactive ketones (excluding diaryl/α,β-unsaturated/α-hetero) is 1. The molecule has 1 aromatic rings. The molecule has 21 heavy (non-hydrogen) atoms. The number of carbonyl (C=O) groups excluding carboxylic acids is 3. The Bertz CT molecular complexity index is 556. The van der Waals surface area contributed by atoms with E-state index in [0.29, 0.717) is 10.6 Å². The maximum Gasteiger partial charge on any atom is 0.239 e. The van der Waals surface area contributed by atoms with Crippen LogP contribution in [-0.2, 0) is 9.59 Å². The summed E-state index contributed by atoms with van der Waals surface area (Å²) in [6, 6.07) is 7.00. The summed E-state index contributed by atoms with van der Waals surface area (Å²) in [6.07, 6.45) is 2.12.